The second-order valence-electron chi connectivity index (χ2n) is 6.90. The predicted octanol–water partition coefficient (Wildman–Crippen LogP) is 5.33. The molecule has 0 saturated heterocycles. The molecule has 7 heteroatoms. The summed E-state index contributed by atoms with van der Waals surface area (Å²) in [6.07, 6.45) is 1.59. The lowest BCUT2D eigenvalue weighted by Crippen LogP contribution is -2.34. The molecule has 158 valence electrons. The average molecular weight is 435 g/mol. The third kappa shape index (κ3) is 5.13. The Labute approximate surface area is 184 Å². The van der Waals surface area contributed by atoms with Crippen LogP contribution in [0.15, 0.2) is 76.7 Å². The van der Waals surface area contributed by atoms with Crippen molar-refractivity contribution in [2.45, 2.75) is 13.5 Å². The zero-order valence-corrected chi connectivity index (χ0v) is 18.1. The normalized spacial score (nSPS) is 10.6. The van der Waals surface area contributed by atoms with Gasteiger partial charge >= 0.3 is 0 Å². The van der Waals surface area contributed by atoms with Crippen LogP contribution < -0.4 is 14.4 Å². The van der Waals surface area contributed by atoms with Crippen molar-refractivity contribution >= 4 is 22.4 Å². The van der Waals surface area contributed by atoms with Gasteiger partial charge in [-0.25, -0.2) is 4.98 Å². The Balaban J connectivity index is 1.53. The second kappa shape index (κ2) is 9.49. The van der Waals surface area contributed by atoms with Crippen LogP contribution in [0.5, 0.6) is 11.5 Å². The predicted molar refractivity (Wildman–Crippen MR) is 121 cm³/mol. The Hall–Kier alpha value is -3.58. The molecule has 0 aliphatic carbocycles. The molecular weight excluding hydrogens is 412 g/mol. The van der Waals surface area contributed by atoms with Gasteiger partial charge in [-0.05, 0) is 55.5 Å². The van der Waals surface area contributed by atoms with Gasteiger partial charge in [0.2, 0.25) is 0 Å². The second-order valence-corrected chi connectivity index (χ2v) is 7.74. The summed E-state index contributed by atoms with van der Waals surface area (Å²) < 4.78 is 16.4. The van der Waals surface area contributed by atoms with Gasteiger partial charge in [0.1, 0.15) is 17.3 Å². The fourth-order valence-electron chi connectivity index (χ4n) is 2.96. The van der Waals surface area contributed by atoms with Crippen LogP contribution >= 0.6 is 11.3 Å². The van der Waals surface area contributed by atoms with Crippen molar-refractivity contribution in [2.24, 2.45) is 0 Å². The van der Waals surface area contributed by atoms with Crippen molar-refractivity contribution in [1.29, 1.82) is 0 Å². The summed E-state index contributed by atoms with van der Waals surface area (Å²) >= 11 is 1.40. The quantitative estimate of drug-likeness (QED) is 0.375. The topological polar surface area (TPSA) is 64.8 Å². The molecule has 0 atom stereocenters. The summed E-state index contributed by atoms with van der Waals surface area (Å²) in [5, 5.41) is 2.51. The summed E-state index contributed by atoms with van der Waals surface area (Å²) in [7, 11) is 1.63. The largest absolute Gasteiger partial charge is 0.497 e. The monoisotopic (exact) mass is 434 g/mol. The van der Waals surface area contributed by atoms with E-state index in [0.717, 1.165) is 22.6 Å². The van der Waals surface area contributed by atoms with E-state index in [2.05, 4.69) is 0 Å². The summed E-state index contributed by atoms with van der Waals surface area (Å²) in [6.45, 7) is 2.18. The zero-order chi connectivity index (χ0) is 21.6. The number of nitrogens with zero attached hydrogens (tertiary/aromatic N) is 2. The third-order valence-electron chi connectivity index (χ3n) is 4.69. The van der Waals surface area contributed by atoms with Gasteiger partial charge in [-0.3, -0.25) is 9.69 Å². The fraction of sp³-hybridized carbons (Fsp3) is 0.167. The smallest absolute Gasteiger partial charge is 0.267 e. The molecule has 0 bridgehead atoms. The highest BCUT2D eigenvalue weighted by Gasteiger charge is 2.22. The minimum absolute atomic E-state index is 0.0960. The average Bonchev–Trinajstić information content (AvgIpc) is 3.49. The number of aromatic nitrogens is 1. The zero-order valence-electron chi connectivity index (χ0n) is 17.3. The van der Waals surface area contributed by atoms with E-state index in [-0.39, 0.29) is 19.1 Å². The number of furan rings is 1. The van der Waals surface area contributed by atoms with Crippen LogP contribution in [-0.4, -0.2) is 24.6 Å². The molecule has 4 rings (SSSR count). The first-order chi connectivity index (χ1) is 15.1. The Morgan fingerprint density at radius 2 is 1.81 bits per heavy atom. The van der Waals surface area contributed by atoms with Gasteiger partial charge < -0.3 is 13.9 Å². The number of methoxy groups -OCH3 is 1. The Morgan fingerprint density at radius 3 is 2.48 bits per heavy atom. The maximum atomic E-state index is 13.0. The molecule has 6 nitrogen and oxygen atoms in total. The van der Waals surface area contributed by atoms with E-state index in [1.54, 1.807) is 24.3 Å². The van der Waals surface area contributed by atoms with Crippen molar-refractivity contribution in [3.8, 4) is 22.8 Å². The lowest BCUT2D eigenvalue weighted by atomic mass is 10.2. The highest BCUT2D eigenvalue weighted by molar-refractivity contribution is 7.14. The number of anilines is 1. The van der Waals surface area contributed by atoms with Crippen molar-refractivity contribution < 1.29 is 18.7 Å². The van der Waals surface area contributed by atoms with Crippen LogP contribution in [-0.2, 0) is 11.3 Å². The number of aryl methyl sites for hydroxylation is 1. The van der Waals surface area contributed by atoms with E-state index in [1.165, 1.54) is 11.3 Å². The van der Waals surface area contributed by atoms with E-state index >= 15 is 0 Å². The van der Waals surface area contributed by atoms with E-state index < -0.39 is 0 Å². The molecule has 2 aromatic heterocycles. The minimum Gasteiger partial charge on any atom is -0.497 e. The number of hydrogen-bond donors (Lipinski definition) is 0. The molecule has 2 heterocycles. The van der Waals surface area contributed by atoms with Gasteiger partial charge in [0.05, 0.1) is 25.6 Å². The molecule has 4 aromatic rings. The standard InChI is InChI=1S/C24H22N2O4S/c1-17-5-9-20(10-6-17)30-15-23(27)26(14-21-4-3-13-29-21)24-25-22(16-31-24)18-7-11-19(28-2)12-8-18/h3-13,16H,14-15H2,1-2H3. The first kappa shape index (κ1) is 20.7. The molecule has 0 fully saturated rings. The number of carbonyl (C=O) groups excluding carboxylic acids is 1. The number of ether oxygens (including phenoxy) is 2. The first-order valence-corrected chi connectivity index (χ1v) is 10.6. The van der Waals surface area contributed by atoms with E-state index in [0.29, 0.717) is 16.6 Å². The number of thiazole rings is 1. The molecule has 2 aromatic carbocycles. The van der Waals surface area contributed by atoms with Crippen LogP contribution in [0.1, 0.15) is 11.3 Å². The number of amides is 1. The number of rotatable bonds is 8. The van der Waals surface area contributed by atoms with Gasteiger partial charge in [0, 0.05) is 10.9 Å². The van der Waals surface area contributed by atoms with Gasteiger partial charge in [-0.2, -0.15) is 0 Å². The molecular formula is C24H22N2O4S. The minimum atomic E-state index is -0.201. The van der Waals surface area contributed by atoms with Gasteiger partial charge in [-0.1, -0.05) is 17.7 Å². The molecule has 0 N–H and O–H groups in total. The van der Waals surface area contributed by atoms with Crippen LogP contribution in [0, 0.1) is 6.92 Å². The Kier molecular flexibility index (Phi) is 6.33. The highest BCUT2D eigenvalue weighted by Crippen LogP contribution is 2.30. The van der Waals surface area contributed by atoms with Crippen LogP contribution in [0.25, 0.3) is 11.3 Å². The van der Waals surface area contributed by atoms with Crippen LogP contribution in [0.3, 0.4) is 0 Å². The van der Waals surface area contributed by atoms with Crippen molar-refractivity contribution in [3.05, 3.63) is 83.6 Å². The molecule has 1 amide bonds. The summed E-state index contributed by atoms with van der Waals surface area (Å²) in [5.41, 5.74) is 2.87. The molecule has 0 aliphatic heterocycles. The maximum Gasteiger partial charge on any atom is 0.267 e. The molecule has 0 aliphatic rings. The lowest BCUT2D eigenvalue weighted by molar-refractivity contribution is -0.120. The Morgan fingerprint density at radius 1 is 1.06 bits per heavy atom. The molecule has 0 saturated carbocycles. The SMILES string of the molecule is COc1ccc(-c2csc(N(Cc3ccco3)C(=O)COc3ccc(C)cc3)n2)cc1. The van der Waals surface area contributed by atoms with Crippen molar-refractivity contribution in [2.75, 3.05) is 18.6 Å². The molecule has 31 heavy (non-hydrogen) atoms. The van der Waals surface area contributed by atoms with E-state index in [4.69, 9.17) is 18.9 Å². The summed E-state index contributed by atoms with van der Waals surface area (Å²) in [4.78, 5) is 19.3. The fourth-order valence-corrected chi connectivity index (χ4v) is 3.81. The summed E-state index contributed by atoms with van der Waals surface area (Å²) in [6, 6.07) is 18.9. The maximum absolute atomic E-state index is 13.0. The van der Waals surface area contributed by atoms with Crippen LogP contribution in [0.2, 0.25) is 0 Å². The van der Waals surface area contributed by atoms with E-state index in [9.17, 15) is 4.79 Å². The molecule has 0 spiro atoms. The first-order valence-electron chi connectivity index (χ1n) is 9.74. The lowest BCUT2D eigenvalue weighted by Gasteiger charge is -2.19. The molecule has 0 radical (unpaired) electrons. The van der Waals surface area contributed by atoms with Gasteiger partial charge in [0.15, 0.2) is 11.7 Å². The van der Waals surface area contributed by atoms with Crippen LogP contribution in [0.4, 0.5) is 5.13 Å². The molecule has 0 unspecified atom stereocenters. The van der Waals surface area contributed by atoms with E-state index in [1.807, 2.05) is 66.9 Å². The van der Waals surface area contributed by atoms with Crippen molar-refractivity contribution in [1.82, 2.24) is 4.98 Å². The third-order valence-corrected chi connectivity index (χ3v) is 5.55. The van der Waals surface area contributed by atoms with Gasteiger partial charge in [-0.15, -0.1) is 11.3 Å². The summed E-state index contributed by atoms with van der Waals surface area (Å²) in [5.74, 6) is 1.90. The van der Waals surface area contributed by atoms with Crippen molar-refractivity contribution in [3.63, 3.8) is 0 Å². The highest BCUT2D eigenvalue weighted by atomic mass is 32.1. The number of benzene rings is 2. The van der Waals surface area contributed by atoms with Gasteiger partial charge in [0.25, 0.3) is 5.91 Å². The number of carbonyl (C=O) groups is 1. The Bertz CT molecular complexity index is 1120. The number of hydrogen-bond acceptors (Lipinski definition) is 6.